The summed E-state index contributed by atoms with van der Waals surface area (Å²) in [6, 6.07) is -1.02. The number of carboxylic acid groups (broad SMARTS) is 2. The third-order valence-corrected chi connectivity index (χ3v) is 8.54. The van der Waals surface area contributed by atoms with E-state index in [1.807, 2.05) is 0 Å². The van der Waals surface area contributed by atoms with Gasteiger partial charge in [0.1, 0.15) is 12.3 Å². The summed E-state index contributed by atoms with van der Waals surface area (Å²) in [4.78, 5) is 57.0. The van der Waals surface area contributed by atoms with E-state index >= 15 is 0 Å². The van der Waals surface area contributed by atoms with Crippen LogP contribution in [0.25, 0.3) is 0 Å². The third kappa shape index (κ3) is 20.4. The highest BCUT2D eigenvalue weighted by Gasteiger charge is 2.29. The van der Waals surface area contributed by atoms with E-state index in [0.29, 0.717) is 44.4 Å². The number of aliphatic carboxylic acids is 2. The Morgan fingerprint density at radius 1 is 0.667 bits per heavy atom. The number of nitrogens with one attached hydrogen (secondary N) is 2. The van der Waals surface area contributed by atoms with Crippen LogP contribution in [0.5, 0.6) is 0 Å². The normalized spacial score (nSPS) is 17.3. The summed E-state index contributed by atoms with van der Waals surface area (Å²) in [5.74, 6) is -1.80. The first kappa shape index (κ1) is 37.6. The highest BCUT2D eigenvalue weighted by molar-refractivity contribution is 5.85. The van der Waals surface area contributed by atoms with Crippen molar-refractivity contribution in [2.45, 2.75) is 160 Å². The molecule has 0 heterocycles. The Bertz CT molecular complexity index is 765. The van der Waals surface area contributed by atoms with Crippen LogP contribution in [0.2, 0.25) is 0 Å². The van der Waals surface area contributed by atoms with Gasteiger partial charge < -0.3 is 25.6 Å². The molecule has 0 bridgehead atoms. The number of hydrogen-bond donors (Lipinski definition) is 4. The zero-order valence-corrected chi connectivity index (χ0v) is 25.9. The van der Waals surface area contributed by atoms with Gasteiger partial charge in [-0.15, -0.1) is 0 Å². The Balaban J connectivity index is 1.91. The van der Waals surface area contributed by atoms with Crippen molar-refractivity contribution >= 4 is 30.0 Å². The van der Waals surface area contributed by atoms with E-state index in [4.69, 9.17) is 5.11 Å². The van der Waals surface area contributed by atoms with Gasteiger partial charge in [0, 0.05) is 31.7 Å². The fraction of sp³-hybridized carbons (Fsp3) is 0.848. The highest BCUT2D eigenvalue weighted by atomic mass is 16.4. The third-order valence-electron chi connectivity index (χ3n) is 8.54. The van der Waals surface area contributed by atoms with E-state index in [0.717, 1.165) is 44.9 Å². The molecule has 42 heavy (non-hydrogen) atoms. The number of carbonyl (C=O) groups excluding carboxylic acids is 3. The van der Waals surface area contributed by atoms with Crippen molar-refractivity contribution in [2.75, 3.05) is 6.54 Å². The maximum absolute atomic E-state index is 12.5. The molecule has 2 amide bonds. The fourth-order valence-corrected chi connectivity index (χ4v) is 5.79. The number of carboxylic acids is 2. The number of amides is 2. The summed E-state index contributed by atoms with van der Waals surface area (Å²) >= 11 is 0. The van der Waals surface area contributed by atoms with Gasteiger partial charge >= 0.3 is 11.9 Å². The van der Waals surface area contributed by atoms with Gasteiger partial charge in [0.05, 0.1) is 0 Å². The minimum atomic E-state index is -1.12. The van der Waals surface area contributed by atoms with E-state index in [9.17, 15) is 29.1 Å². The van der Waals surface area contributed by atoms with Crippen molar-refractivity contribution in [2.24, 2.45) is 11.8 Å². The molecule has 0 aromatic rings. The molecule has 0 saturated heterocycles. The number of aldehydes is 1. The van der Waals surface area contributed by atoms with E-state index in [2.05, 4.69) is 10.6 Å². The molecule has 9 nitrogen and oxygen atoms in total. The second-order valence-electron chi connectivity index (χ2n) is 12.2. The molecular weight excluding hydrogens is 536 g/mol. The molecule has 0 spiro atoms. The molecule has 1 aliphatic rings. The van der Waals surface area contributed by atoms with E-state index < -0.39 is 18.0 Å². The van der Waals surface area contributed by atoms with Crippen molar-refractivity contribution in [3.05, 3.63) is 0 Å². The molecule has 1 rings (SSSR count). The molecule has 242 valence electrons. The second-order valence-corrected chi connectivity index (χ2v) is 12.2. The predicted molar refractivity (Wildman–Crippen MR) is 164 cm³/mol. The van der Waals surface area contributed by atoms with Gasteiger partial charge in [0.15, 0.2) is 0 Å². The van der Waals surface area contributed by atoms with Crippen molar-refractivity contribution in [3.8, 4) is 0 Å². The summed E-state index contributed by atoms with van der Waals surface area (Å²) in [6.45, 7) is 0.638. The van der Waals surface area contributed by atoms with Crippen LogP contribution in [0.3, 0.4) is 0 Å². The summed E-state index contributed by atoms with van der Waals surface area (Å²) in [7, 11) is 0. The summed E-state index contributed by atoms with van der Waals surface area (Å²) in [6.07, 6.45) is 23.9. The van der Waals surface area contributed by atoms with Gasteiger partial charge in [0.2, 0.25) is 11.8 Å². The van der Waals surface area contributed by atoms with Gasteiger partial charge in [-0.1, -0.05) is 89.9 Å². The van der Waals surface area contributed by atoms with Crippen LogP contribution in [-0.2, 0) is 24.0 Å². The molecular formula is C33H58N2O7. The van der Waals surface area contributed by atoms with Crippen LogP contribution < -0.4 is 10.6 Å². The smallest absolute Gasteiger partial charge is 0.326 e. The molecule has 9 heteroatoms. The Hall–Kier alpha value is -2.45. The van der Waals surface area contributed by atoms with Gasteiger partial charge in [-0.05, 0) is 50.9 Å². The quantitative estimate of drug-likeness (QED) is 0.0621. The zero-order valence-electron chi connectivity index (χ0n) is 25.9. The van der Waals surface area contributed by atoms with E-state index in [1.54, 1.807) is 0 Å². The largest absolute Gasteiger partial charge is 0.481 e. The molecule has 0 radical (unpaired) electrons. The predicted octanol–water partition coefficient (Wildman–Crippen LogP) is 6.56. The standard InChI is InChI=1S/C33H58N2O7/c36-25-17-18-29(33(41)42)35-32(40)28-23-21-27(22-24-28)26-34-30(37)19-15-13-11-9-7-5-3-1-2-4-6-8-10-12-14-16-20-31(38)39/h25,27-29H,1-24,26H2,(H,34,37)(H,35,40)(H,38,39)(H,41,42)/t27-,28-,29-/m0/s1. The van der Waals surface area contributed by atoms with Crippen LogP contribution in [0.4, 0.5) is 0 Å². The van der Waals surface area contributed by atoms with Crippen molar-refractivity contribution in [1.29, 1.82) is 0 Å². The molecule has 0 aromatic carbocycles. The molecule has 1 aliphatic carbocycles. The average molecular weight is 595 g/mol. The number of rotatable bonds is 27. The van der Waals surface area contributed by atoms with Gasteiger partial charge in [-0.25, -0.2) is 4.79 Å². The summed E-state index contributed by atoms with van der Waals surface area (Å²) in [5, 5.41) is 23.5. The highest BCUT2D eigenvalue weighted by Crippen LogP contribution is 2.28. The molecule has 0 unspecified atom stereocenters. The molecule has 0 aromatic heterocycles. The molecule has 1 atom stereocenters. The Morgan fingerprint density at radius 3 is 1.55 bits per heavy atom. The first-order valence-electron chi connectivity index (χ1n) is 16.8. The van der Waals surface area contributed by atoms with Gasteiger partial charge in [-0.3, -0.25) is 14.4 Å². The van der Waals surface area contributed by atoms with Crippen LogP contribution >= 0.6 is 0 Å². The van der Waals surface area contributed by atoms with E-state index in [-0.39, 0.29) is 30.6 Å². The lowest BCUT2D eigenvalue weighted by atomic mass is 9.81. The molecule has 1 fully saturated rings. The SMILES string of the molecule is O=CCC[C@H](NC(=O)[C@H]1CC[C@H](CNC(=O)CCCCCCCCCCCCCCCCCCC(=O)O)CC1)C(=O)O. The number of unbranched alkanes of at least 4 members (excludes halogenated alkanes) is 15. The number of carbonyl (C=O) groups is 5. The minimum Gasteiger partial charge on any atom is -0.481 e. The topological polar surface area (TPSA) is 150 Å². The molecule has 0 aliphatic heterocycles. The lowest BCUT2D eigenvalue weighted by molar-refractivity contribution is -0.143. The van der Waals surface area contributed by atoms with Crippen molar-refractivity contribution in [3.63, 3.8) is 0 Å². The fourth-order valence-electron chi connectivity index (χ4n) is 5.79. The van der Waals surface area contributed by atoms with E-state index in [1.165, 1.54) is 70.6 Å². The van der Waals surface area contributed by atoms with Crippen molar-refractivity contribution in [1.82, 2.24) is 10.6 Å². The van der Waals surface area contributed by atoms with Crippen molar-refractivity contribution < 1.29 is 34.2 Å². The van der Waals surface area contributed by atoms with Crippen LogP contribution in [0.1, 0.15) is 154 Å². The monoisotopic (exact) mass is 594 g/mol. The van der Waals surface area contributed by atoms with Gasteiger partial charge in [0.25, 0.3) is 0 Å². The van der Waals surface area contributed by atoms with Crippen LogP contribution in [0.15, 0.2) is 0 Å². The van der Waals surface area contributed by atoms with Crippen LogP contribution in [-0.4, -0.2) is 52.8 Å². The summed E-state index contributed by atoms with van der Waals surface area (Å²) < 4.78 is 0. The number of hydrogen-bond acceptors (Lipinski definition) is 5. The Morgan fingerprint density at radius 2 is 1.12 bits per heavy atom. The Labute approximate surface area is 253 Å². The zero-order chi connectivity index (χ0) is 30.8. The minimum absolute atomic E-state index is 0.104. The van der Waals surface area contributed by atoms with Crippen LogP contribution in [0, 0.1) is 11.8 Å². The maximum atomic E-state index is 12.5. The lowest BCUT2D eigenvalue weighted by Crippen LogP contribution is -2.44. The first-order valence-corrected chi connectivity index (χ1v) is 16.8. The molecule has 1 saturated carbocycles. The second kappa shape index (κ2) is 25.1. The average Bonchev–Trinajstić information content (AvgIpc) is 2.97. The maximum Gasteiger partial charge on any atom is 0.326 e. The molecule has 4 N–H and O–H groups in total. The van der Waals surface area contributed by atoms with Gasteiger partial charge in [-0.2, -0.15) is 0 Å². The first-order chi connectivity index (χ1) is 20.3. The summed E-state index contributed by atoms with van der Waals surface area (Å²) in [5.41, 5.74) is 0. The lowest BCUT2D eigenvalue weighted by Gasteiger charge is -2.28. The Kier molecular flexibility index (Phi) is 22.4.